The van der Waals surface area contributed by atoms with Gasteiger partial charge >= 0.3 is 0 Å². The first kappa shape index (κ1) is 21.4. The molecule has 3 aromatic carbocycles. The predicted molar refractivity (Wildman–Crippen MR) is 121 cm³/mol. The zero-order valence-corrected chi connectivity index (χ0v) is 17.8. The zero-order chi connectivity index (χ0) is 22.7. The highest BCUT2D eigenvalue weighted by Gasteiger charge is 2.14. The molecule has 0 atom stereocenters. The van der Waals surface area contributed by atoms with E-state index >= 15 is 0 Å². The minimum Gasteiger partial charge on any atom is -0.486 e. The summed E-state index contributed by atoms with van der Waals surface area (Å²) in [6, 6.07) is 18.5. The number of allylic oxidation sites excluding steroid dienone is 1. The number of benzene rings is 3. The average molecular weight is 466 g/mol. The Bertz CT molecular complexity index is 1330. The molecule has 0 spiro atoms. The molecule has 4 aromatic rings. The van der Waals surface area contributed by atoms with Crippen LogP contribution in [-0.2, 0) is 6.61 Å². The lowest BCUT2D eigenvalue weighted by Gasteiger charge is -2.11. The molecule has 1 aromatic heterocycles. The number of nitro benzene ring substituents is 1. The monoisotopic (exact) mass is 465 g/mol. The number of oxazole rings is 1. The molecule has 4 rings (SSSR count). The van der Waals surface area contributed by atoms with Crippen LogP contribution in [0.3, 0.4) is 0 Å². The van der Waals surface area contributed by atoms with E-state index in [0.717, 1.165) is 5.56 Å². The summed E-state index contributed by atoms with van der Waals surface area (Å²) in [7, 11) is 0. The number of ether oxygens (including phenoxy) is 1. The summed E-state index contributed by atoms with van der Waals surface area (Å²) in [4.78, 5) is 14.6. The Hall–Kier alpha value is -3.86. The third kappa shape index (κ3) is 4.57. The smallest absolute Gasteiger partial charge is 0.269 e. The maximum atomic E-state index is 10.8. The van der Waals surface area contributed by atoms with E-state index in [4.69, 9.17) is 32.4 Å². The summed E-state index contributed by atoms with van der Waals surface area (Å²) in [6.07, 6.45) is 1.57. The van der Waals surface area contributed by atoms with Gasteiger partial charge in [-0.05, 0) is 53.6 Å². The normalized spacial score (nSPS) is 11.3. The number of hydrogen-bond donors (Lipinski definition) is 0. The summed E-state index contributed by atoms with van der Waals surface area (Å²) < 4.78 is 11.4. The molecule has 9 heteroatoms. The van der Waals surface area contributed by atoms with E-state index in [2.05, 4.69) is 11.1 Å². The number of nitrogens with zero attached hydrogens (tertiary/aromatic N) is 3. The summed E-state index contributed by atoms with van der Waals surface area (Å²) in [5, 5.41) is 20.8. The van der Waals surface area contributed by atoms with Crippen molar-refractivity contribution in [2.75, 3.05) is 0 Å². The van der Waals surface area contributed by atoms with Crippen molar-refractivity contribution in [3.63, 3.8) is 0 Å². The number of halogens is 2. The molecule has 0 saturated carbocycles. The third-order valence-electron chi connectivity index (χ3n) is 4.51. The second-order valence-electron chi connectivity index (χ2n) is 6.68. The maximum absolute atomic E-state index is 10.8. The molecule has 0 saturated heterocycles. The van der Waals surface area contributed by atoms with E-state index in [1.807, 2.05) is 12.1 Å². The van der Waals surface area contributed by atoms with Gasteiger partial charge in [0.15, 0.2) is 11.3 Å². The lowest BCUT2D eigenvalue weighted by Crippen LogP contribution is -1.97. The van der Waals surface area contributed by atoms with Gasteiger partial charge in [0.05, 0.1) is 15.0 Å². The Morgan fingerprint density at radius 2 is 1.84 bits per heavy atom. The van der Waals surface area contributed by atoms with Gasteiger partial charge in [0.1, 0.15) is 23.8 Å². The minimum absolute atomic E-state index is 0.00630. The third-order valence-corrected chi connectivity index (χ3v) is 5.07. The van der Waals surface area contributed by atoms with Crippen molar-refractivity contribution in [1.82, 2.24) is 4.98 Å². The van der Waals surface area contributed by atoms with E-state index in [1.54, 1.807) is 42.5 Å². The molecule has 0 aliphatic carbocycles. The number of nitriles is 1. The number of aromatic nitrogens is 1. The average Bonchev–Trinajstić information content (AvgIpc) is 3.21. The van der Waals surface area contributed by atoms with Crippen LogP contribution in [0.1, 0.15) is 17.0 Å². The largest absolute Gasteiger partial charge is 0.486 e. The first-order valence-corrected chi connectivity index (χ1v) is 10.0. The first-order chi connectivity index (χ1) is 15.4. The molecule has 7 nitrogen and oxygen atoms in total. The Labute approximate surface area is 192 Å². The van der Waals surface area contributed by atoms with Gasteiger partial charge in [-0.2, -0.15) is 5.26 Å². The van der Waals surface area contributed by atoms with Gasteiger partial charge in [-0.3, -0.25) is 10.1 Å². The number of fused-ring (bicyclic) bond motifs is 1. The van der Waals surface area contributed by atoms with Crippen molar-refractivity contribution < 1.29 is 14.1 Å². The first-order valence-electron chi connectivity index (χ1n) is 9.27. The Balaban J connectivity index is 1.56. The molecule has 0 aliphatic rings. The highest BCUT2D eigenvalue weighted by Crippen LogP contribution is 2.36. The van der Waals surface area contributed by atoms with Gasteiger partial charge in [0.2, 0.25) is 5.89 Å². The van der Waals surface area contributed by atoms with Crippen LogP contribution in [0.5, 0.6) is 5.75 Å². The second-order valence-corrected chi connectivity index (χ2v) is 7.50. The summed E-state index contributed by atoms with van der Waals surface area (Å²) in [5.41, 5.74) is 2.72. The number of non-ortho nitro benzene ring substituents is 1. The molecule has 1 heterocycles. The fourth-order valence-electron chi connectivity index (χ4n) is 2.97. The molecule has 0 unspecified atom stereocenters. The van der Waals surface area contributed by atoms with Crippen molar-refractivity contribution in [3.8, 4) is 11.8 Å². The fraction of sp³-hybridized carbons (Fsp3) is 0.0435. The fourth-order valence-corrected chi connectivity index (χ4v) is 3.58. The van der Waals surface area contributed by atoms with Gasteiger partial charge < -0.3 is 9.15 Å². The Morgan fingerprint density at radius 1 is 1.16 bits per heavy atom. The van der Waals surface area contributed by atoms with Gasteiger partial charge in [-0.25, -0.2) is 4.98 Å². The number of para-hydroxylation sites is 2. The molecule has 0 bridgehead atoms. The SMILES string of the molecule is N#C/C(=C\c1cc(Cl)c(OCc2ccc([N+](=O)[O-])cc2)c(Cl)c1)c1nc2ccccc2o1. The van der Waals surface area contributed by atoms with E-state index in [-0.39, 0.29) is 39.6 Å². The molecule has 0 aliphatic heterocycles. The Morgan fingerprint density at radius 3 is 2.47 bits per heavy atom. The van der Waals surface area contributed by atoms with Crippen LogP contribution in [0.15, 0.2) is 65.1 Å². The van der Waals surface area contributed by atoms with E-state index in [9.17, 15) is 15.4 Å². The molecular weight excluding hydrogens is 453 g/mol. The van der Waals surface area contributed by atoms with Crippen molar-refractivity contribution in [3.05, 3.63) is 97.8 Å². The standard InChI is InChI=1S/C23H13Cl2N3O4/c24-18-10-15(9-16(12-26)23-27-20-3-1-2-4-21(20)32-23)11-19(25)22(18)31-13-14-5-7-17(8-6-14)28(29)30/h1-11H,13H2/b16-9+. The van der Waals surface area contributed by atoms with E-state index in [1.165, 1.54) is 12.1 Å². The highest BCUT2D eigenvalue weighted by molar-refractivity contribution is 6.37. The van der Waals surface area contributed by atoms with Crippen LogP contribution in [0.2, 0.25) is 10.0 Å². The summed E-state index contributed by atoms with van der Waals surface area (Å²) in [6.45, 7) is 0.124. The Kier molecular flexibility index (Phi) is 6.08. The van der Waals surface area contributed by atoms with Gasteiger partial charge in [-0.1, -0.05) is 35.3 Å². The van der Waals surface area contributed by atoms with Crippen LogP contribution in [0.25, 0.3) is 22.7 Å². The number of nitro groups is 1. The molecule has 0 N–H and O–H groups in total. The second kappa shape index (κ2) is 9.10. The minimum atomic E-state index is -0.471. The van der Waals surface area contributed by atoms with Gasteiger partial charge in [0.25, 0.3) is 5.69 Å². The van der Waals surface area contributed by atoms with Crippen LogP contribution in [0, 0.1) is 21.4 Å². The molecule has 158 valence electrons. The summed E-state index contributed by atoms with van der Waals surface area (Å²) >= 11 is 12.7. The maximum Gasteiger partial charge on any atom is 0.269 e. The molecule has 0 fully saturated rings. The summed E-state index contributed by atoms with van der Waals surface area (Å²) in [5.74, 6) is 0.462. The number of hydrogen-bond acceptors (Lipinski definition) is 6. The van der Waals surface area contributed by atoms with Gasteiger partial charge in [-0.15, -0.1) is 0 Å². The molecular formula is C23H13Cl2N3O4. The van der Waals surface area contributed by atoms with Crippen molar-refractivity contribution in [1.29, 1.82) is 5.26 Å². The lowest BCUT2D eigenvalue weighted by molar-refractivity contribution is -0.384. The van der Waals surface area contributed by atoms with Crippen molar-refractivity contribution >= 4 is 51.6 Å². The lowest BCUT2D eigenvalue weighted by atomic mass is 10.1. The predicted octanol–water partition coefficient (Wildman–Crippen LogP) is 6.69. The number of rotatable bonds is 6. The van der Waals surface area contributed by atoms with E-state index < -0.39 is 4.92 Å². The van der Waals surface area contributed by atoms with Crippen LogP contribution in [-0.4, -0.2) is 9.91 Å². The van der Waals surface area contributed by atoms with Crippen LogP contribution >= 0.6 is 23.2 Å². The van der Waals surface area contributed by atoms with Crippen LogP contribution < -0.4 is 4.74 Å². The molecule has 32 heavy (non-hydrogen) atoms. The van der Waals surface area contributed by atoms with Crippen molar-refractivity contribution in [2.24, 2.45) is 0 Å². The van der Waals surface area contributed by atoms with Gasteiger partial charge in [0, 0.05) is 12.1 Å². The molecule has 0 amide bonds. The molecule has 0 radical (unpaired) electrons. The van der Waals surface area contributed by atoms with Crippen LogP contribution in [0.4, 0.5) is 5.69 Å². The highest BCUT2D eigenvalue weighted by atomic mass is 35.5. The quantitative estimate of drug-likeness (QED) is 0.178. The zero-order valence-electron chi connectivity index (χ0n) is 16.3. The van der Waals surface area contributed by atoms with Crippen molar-refractivity contribution in [2.45, 2.75) is 6.61 Å². The van der Waals surface area contributed by atoms with E-state index in [0.29, 0.717) is 16.7 Å². The topological polar surface area (TPSA) is 102 Å².